The lowest BCUT2D eigenvalue weighted by Gasteiger charge is -2.24. The topological polar surface area (TPSA) is 24.5 Å². The minimum absolute atomic E-state index is 0.725. The third kappa shape index (κ3) is 4.80. The Morgan fingerprint density at radius 3 is 2.85 bits per heavy atom. The second-order valence-corrected chi connectivity index (χ2v) is 5.68. The minimum Gasteiger partial charge on any atom is -0.494 e. The van der Waals surface area contributed by atoms with Gasteiger partial charge in [0, 0.05) is 25.7 Å². The number of hydrogen-bond donors (Lipinski definition) is 1. The summed E-state index contributed by atoms with van der Waals surface area (Å²) in [6.45, 7) is 5.84. The van der Waals surface area contributed by atoms with Crippen LogP contribution >= 0.6 is 0 Å². The van der Waals surface area contributed by atoms with Crippen molar-refractivity contribution in [3.05, 3.63) is 29.8 Å². The maximum Gasteiger partial charge on any atom is 0.119 e. The molecule has 0 atom stereocenters. The Morgan fingerprint density at radius 1 is 1.30 bits per heavy atom. The first-order valence-electron chi connectivity index (χ1n) is 7.92. The SMILES string of the molecule is CCOc1cccc(CNCCN(C)C2CCCC2)c1. The van der Waals surface area contributed by atoms with Gasteiger partial charge in [-0.05, 0) is 44.5 Å². The molecule has 1 aromatic carbocycles. The Kier molecular flexibility index (Phi) is 6.34. The summed E-state index contributed by atoms with van der Waals surface area (Å²) in [6, 6.07) is 9.17. The number of benzene rings is 1. The summed E-state index contributed by atoms with van der Waals surface area (Å²) in [6.07, 6.45) is 5.58. The first-order chi connectivity index (χ1) is 9.79. The Labute approximate surface area is 123 Å². The van der Waals surface area contributed by atoms with Crippen LogP contribution in [0.2, 0.25) is 0 Å². The first-order valence-corrected chi connectivity index (χ1v) is 7.92. The zero-order chi connectivity index (χ0) is 14.2. The molecule has 0 radical (unpaired) electrons. The molecule has 1 aliphatic carbocycles. The number of rotatable bonds is 8. The number of ether oxygens (including phenoxy) is 1. The lowest BCUT2D eigenvalue weighted by molar-refractivity contribution is 0.245. The number of nitrogens with one attached hydrogen (secondary N) is 1. The molecule has 20 heavy (non-hydrogen) atoms. The highest BCUT2D eigenvalue weighted by Crippen LogP contribution is 2.21. The van der Waals surface area contributed by atoms with Gasteiger partial charge in [0.1, 0.15) is 5.75 Å². The van der Waals surface area contributed by atoms with E-state index in [1.54, 1.807) is 0 Å². The fraction of sp³-hybridized carbons (Fsp3) is 0.647. The third-order valence-corrected chi connectivity index (χ3v) is 4.13. The van der Waals surface area contributed by atoms with Gasteiger partial charge in [-0.15, -0.1) is 0 Å². The monoisotopic (exact) mass is 276 g/mol. The predicted molar refractivity (Wildman–Crippen MR) is 84.2 cm³/mol. The van der Waals surface area contributed by atoms with Gasteiger partial charge in [0.05, 0.1) is 6.61 Å². The van der Waals surface area contributed by atoms with Crippen LogP contribution in [-0.4, -0.2) is 37.7 Å². The van der Waals surface area contributed by atoms with Gasteiger partial charge in [-0.2, -0.15) is 0 Å². The molecule has 0 aromatic heterocycles. The van der Waals surface area contributed by atoms with E-state index in [4.69, 9.17) is 4.74 Å². The van der Waals surface area contributed by atoms with Crippen molar-refractivity contribution in [2.75, 3.05) is 26.7 Å². The smallest absolute Gasteiger partial charge is 0.119 e. The molecule has 0 spiro atoms. The van der Waals surface area contributed by atoms with Crippen molar-refractivity contribution in [1.29, 1.82) is 0 Å². The summed E-state index contributed by atoms with van der Waals surface area (Å²) in [4.78, 5) is 2.51. The maximum absolute atomic E-state index is 5.52. The van der Waals surface area contributed by atoms with Gasteiger partial charge < -0.3 is 15.0 Å². The van der Waals surface area contributed by atoms with E-state index >= 15 is 0 Å². The number of likely N-dealkylation sites (N-methyl/N-ethyl adjacent to an activating group) is 1. The van der Waals surface area contributed by atoms with E-state index in [1.807, 2.05) is 13.0 Å². The van der Waals surface area contributed by atoms with Crippen molar-refractivity contribution >= 4 is 0 Å². The summed E-state index contributed by atoms with van der Waals surface area (Å²) in [5.74, 6) is 0.967. The predicted octanol–water partition coefficient (Wildman–Crippen LogP) is 3.05. The van der Waals surface area contributed by atoms with Gasteiger partial charge in [-0.3, -0.25) is 0 Å². The van der Waals surface area contributed by atoms with Crippen molar-refractivity contribution in [2.24, 2.45) is 0 Å². The molecular weight excluding hydrogens is 248 g/mol. The van der Waals surface area contributed by atoms with E-state index in [0.29, 0.717) is 0 Å². The van der Waals surface area contributed by atoms with Crippen molar-refractivity contribution < 1.29 is 4.74 Å². The van der Waals surface area contributed by atoms with E-state index in [0.717, 1.165) is 38.0 Å². The molecule has 0 unspecified atom stereocenters. The quantitative estimate of drug-likeness (QED) is 0.739. The summed E-state index contributed by atoms with van der Waals surface area (Å²) < 4.78 is 5.52. The molecule has 1 N–H and O–H groups in total. The zero-order valence-corrected chi connectivity index (χ0v) is 12.9. The second kappa shape index (κ2) is 8.28. The van der Waals surface area contributed by atoms with Gasteiger partial charge in [-0.1, -0.05) is 25.0 Å². The maximum atomic E-state index is 5.52. The van der Waals surface area contributed by atoms with Crippen LogP contribution in [0.15, 0.2) is 24.3 Å². The molecule has 0 bridgehead atoms. The van der Waals surface area contributed by atoms with Gasteiger partial charge in [0.2, 0.25) is 0 Å². The average Bonchev–Trinajstić information content (AvgIpc) is 2.98. The van der Waals surface area contributed by atoms with Crippen molar-refractivity contribution in [3.63, 3.8) is 0 Å². The van der Waals surface area contributed by atoms with Crippen molar-refractivity contribution in [2.45, 2.75) is 45.2 Å². The van der Waals surface area contributed by atoms with E-state index < -0.39 is 0 Å². The molecule has 0 saturated heterocycles. The van der Waals surface area contributed by atoms with Crippen LogP contribution < -0.4 is 10.1 Å². The van der Waals surface area contributed by atoms with Gasteiger partial charge in [0.25, 0.3) is 0 Å². The normalized spacial score (nSPS) is 15.9. The molecule has 1 aliphatic rings. The molecule has 3 heteroatoms. The fourth-order valence-electron chi connectivity index (χ4n) is 2.93. The van der Waals surface area contributed by atoms with Crippen molar-refractivity contribution in [1.82, 2.24) is 10.2 Å². The average molecular weight is 276 g/mol. The first kappa shape index (κ1) is 15.3. The molecule has 0 aliphatic heterocycles. The highest BCUT2D eigenvalue weighted by Gasteiger charge is 2.18. The summed E-state index contributed by atoms with van der Waals surface area (Å²) in [7, 11) is 2.26. The molecule has 112 valence electrons. The second-order valence-electron chi connectivity index (χ2n) is 5.68. The van der Waals surface area contributed by atoms with Crippen LogP contribution in [0.1, 0.15) is 38.2 Å². The van der Waals surface area contributed by atoms with Crippen molar-refractivity contribution in [3.8, 4) is 5.75 Å². The van der Waals surface area contributed by atoms with E-state index in [1.165, 1.54) is 31.2 Å². The highest BCUT2D eigenvalue weighted by molar-refractivity contribution is 5.28. The van der Waals surface area contributed by atoms with Crippen LogP contribution in [0.5, 0.6) is 5.75 Å². The Morgan fingerprint density at radius 2 is 2.10 bits per heavy atom. The number of hydrogen-bond acceptors (Lipinski definition) is 3. The Hall–Kier alpha value is -1.06. The molecular formula is C17H28N2O. The summed E-state index contributed by atoms with van der Waals surface area (Å²) >= 11 is 0. The standard InChI is InChI=1S/C17H28N2O/c1-3-20-17-10-6-7-15(13-17)14-18-11-12-19(2)16-8-4-5-9-16/h6-7,10,13,16,18H,3-5,8-9,11-12,14H2,1-2H3. The van der Waals surface area contributed by atoms with E-state index in [9.17, 15) is 0 Å². The lowest BCUT2D eigenvalue weighted by atomic mass is 10.2. The van der Waals surface area contributed by atoms with Gasteiger partial charge in [0.15, 0.2) is 0 Å². The molecule has 1 fully saturated rings. The molecule has 2 rings (SSSR count). The Balaban J connectivity index is 1.66. The van der Waals surface area contributed by atoms with E-state index in [2.05, 4.69) is 35.5 Å². The third-order valence-electron chi connectivity index (χ3n) is 4.13. The molecule has 0 heterocycles. The largest absolute Gasteiger partial charge is 0.494 e. The zero-order valence-electron chi connectivity index (χ0n) is 12.9. The van der Waals surface area contributed by atoms with Crippen LogP contribution in [0.3, 0.4) is 0 Å². The van der Waals surface area contributed by atoms with E-state index in [-0.39, 0.29) is 0 Å². The lowest BCUT2D eigenvalue weighted by Crippen LogP contribution is -2.35. The van der Waals surface area contributed by atoms with Crippen LogP contribution in [0.25, 0.3) is 0 Å². The summed E-state index contributed by atoms with van der Waals surface area (Å²) in [5, 5.41) is 3.53. The van der Waals surface area contributed by atoms with Crippen LogP contribution in [0.4, 0.5) is 0 Å². The molecule has 1 aromatic rings. The van der Waals surface area contributed by atoms with Crippen LogP contribution in [-0.2, 0) is 6.54 Å². The molecule has 3 nitrogen and oxygen atoms in total. The van der Waals surface area contributed by atoms with Crippen LogP contribution in [0, 0.1) is 0 Å². The molecule has 0 amide bonds. The van der Waals surface area contributed by atoms with Gasteiger partial charge in [-0.25, -0.2) is 0 Å². The highest BCUT2D eigenvalue weighted by atomic mass is 16.5. The Bertz CT molecular complexity index is 388. The molecule has 1 saturated carbocycles. The fourth-order valence-corrected chi connectivity index (χ4v) is 2.93. The summed E-state index contributed by atoms with van der Waals surface area (Å²) in [5.41, 5.74) is 1.29. The minimum atomic E-state index is 0.725. The van der Waals surface area contributed by atoms with Gasteiger partial charge >= 0.3 is 0 Å². The number of nitrogens with zero attached hydrogens (tertiary/aromatic N) is 1.